The van der Waals surface area contributed by atoms with Gasteiger partial charge >= 0.3 is 5.69 Å². The molecular weight excluding hydrogens is 380 g/mol. The fourth-order valence-electron chi connectivity index (χ4n) is 3.79. The summed E-state index contributed by atoms with van der Waals surface area (Å²) in [6.07, 6.45) is 3.11. The van der Waals surface area contributed by atoms with Crippen molar-refractivity contribution < 1.29 is 15.0 Å². The number of hydrogen-bond acceptors (Lipinski definition) is 9. The molecule has 11 nitrogen and oxygen atoms in total. The number of nitro groups is 2. The molecule has 0 saturated carbocycles. The highest BCUT2D eigenvalue weighted by Gasteiger charge is 2.36. The molecule has 0 aliphatic carbocycles. The lowest BCUT2D eigenvalue weighted by atomic mass is 9.99. The lowest BCUT2D eigenvalue weighted by Gasteiger charge is -2.38. The third kappa shape index (κ3) is 3.94. The van der Waals surface area contributed by atoms with Crippen LogP contribution in [-0.4, -0.2) is 51.3 Å². The van der Waals surface area contributed by atoms with Gasteiger partial charge in [0.15, 0.2) is 11.5 Å². The van der Waals surface area contributed by atoms with Crippen LogP contribution in [0.4, 0.5) is 22.9 Å². The molecule has 11 heteroatoms. The van der Waals surface area contributed by atoms with Crippen LogP contribution in [0.3, 0.4) is 0 Å². The Morgan fingerprint density at radius 2 is 2.10 bits per heavy atom. The van der Waals surface area contributed by atoms with Crippen molar-refractivity contribution >= 4 is 22.9 Å². The molecule has 1 unspecified atom stereocenters. The summed E-state index contributed by atoms with van der Waals surface area (Å²) in [6, 6.07) is 4.64. The molecule has 1 N–H and O–H groups in total. The number of rotatable bonds is 6. The van der Waals surface area contributed by atoms with Gasteiger partial charge in [-0.15, -0.1) is 5.10 Å². The van der Waals surface area contributed by atoms with Crippen molar-refractivity contribution in [1.82, 2.24) is 10.2 Å². The van der Waals surface area contributed by atoms with Gasteiger partial charge in [0.25, 0.3) is 5.69 Å². The highest BCUT2D eigenvalue weighted by Crippen LogP contribution is 2.42. The molecular formula is C18H22N6O5. The minimum atomic E-state index is -0.638. The number of benzene rings is 1. The maximum absolute atomic E-state index is 11.8. The number of nitro benzene ring substituents is 2. The van der Waals surface area contributed by atoms with E-state index >= 15 is 0 Å². The minimum absolute atomic E-state index is 0.0410. The Morgan fingerprint density at radius 1 is 1.34 bits per heavy atom. The van der Waals surface area contributed by atoms with Crippen molar-refractivity contribution in [2.75, 3.05) is 29.9 Å². The predicted molar refractivity (Wildman–Crippen MR) is 106 cm³/mol. The second kappa shape index (κ2) is 8.35. The molecule has 3 rings (SSSR count). The van der Waals surface area contributed by atoms with Crippen molar-refractivity contribution in [2.24, 2.45) is 0 Å². The van der Waals surface area contributed by atoms with Crippen LogP contribution < -0.4 is 9.80 Å². The maximum Gasteiger partial charge on any atom is 0.302 e. The van der Waals surface area contributed by atoms with E-state index in [9.17, 15) is 25.3 Å². The van der Waals surface area contributed by atoms with Gasteiger partial charge in [-0.1, -0.05) is 0 Å². The zero-order chi connectivity index (χ0) is 21.1. The summed E-state index contributed by atoms with van der Waals surface area (Å²) >= 11 is 0. The smallest absolute Gasteiger partial charge is 0.302 e. The Morgan fingerprint density at radius 3 is 2.69 bits per heavy atom. The molecule has 0 bridgehead atoms. The Hall–Kier alpha value is -3.34. The number of aliphatic hydroxyl groups excluding tert-OH is 1. The summed E-state index contributed by atoms with van der Waals surface area (Å²) in [7, 11) is 1.64. The van der Waals surface area contributed by atoms with Gasteiger partial charge in [-0.2, -0.15) is 5.10 Å². The topological polar surface area (TPSA) is 139 Å². The number of aromatic nitrogens is 2. The van der Waals surface area contributed by atoms with Crippen LogP contribution >= 0.6 is 0 Å². The summed E-state index contributed by atoms with van der Waals surface area (Å²) in [5.41, 5.74) is -0.370. The quantitative estimate of drug-likeness (QED) is 0.569. The summed E-state index contributed by atoms with van der Waals surface area (Å²) < 4.78 is 0. The fourth-order valence-corrected chi connectivity index (χ4v) is 3.79. The van der Waals surface area contributed by atoms with E-state index in [1.165, 1.54) is 13.0 Å². The molecule has 1 atom stereocenters. The van der Waals surface area contributed by atoms with Gasteiger partial charge < -0.3 is 14.9 Å². The summed E-state index contributed by atoms with van der Waals surface area (Å²) in [6.45, 7) is 2.25. The van der Waals surface area contributed by atoms with Gasteiger partial charge in [-0.3, -0.25) is 20.2 Å². The van der Waals surface area contributed by atoms with Crippen LogP contribution in [0.5, 0.6) is 0 Å². The van der Waals surface area contributed by atoms with E-state index in [1.54, 1.807) is 24.2 Å². The summed E-state index contributed by atoms with van der Waals surface area (Å²) in [4.78, 5) is 25.9. The van der Waals surface area contributed by atoms with E-state index in [-0.39, 0.29) is 34.2 Å². The number of likely N-dealkylation sites (N-methyl/N-ethyl adjacent to an activating group) is 1. The molecule has 2 heterocycles. The van der Waals surface area contributed by atoms with E-state index in [0.717, 1.165) is 19.4 Å². The summed E-state index contributed by atoms with van der Waals surface area (Å²) in [5.74, 6) is 0.696. The molecule has 29 heavy (non-hydrogen) atoms. The lowest BCUT2D eigenvalue weighted by molar-refractivity contribution is -0.393. The van der Waals surface area contributed by atoms with E-state index in [4.69, 9.17) is 0 Å². The first-order valence-electron chi connectivity index (χ1n) is 9.16. The second-order valence-corrected chi connectivity index (χ2v) is 6.98. The molecule has 2 aromatic rings. The maximum atomic E-state index is 11.8. The van der Waals surface area contributed by atoms with Crippen molar-refractivity contribution in [2.45, 2.75) is 32.4 Å². The molecule has 154 valence electrons. The molecule has 1 aliphatic heterocycles. The SMILES string of the molecule is Cc1c(CO)cc([N+](=O)[O-])c(N(C)C2CCCN(c3cccnn3)C2)c1[N+](=O)[O-]. The Balaban J connectivity index is 2.03. The number of piperidine rings is 1. The standard InChI is InChI=1S/C18H22N6O5/c1-12-13(11-25)9-15(23(26)27)18(17(12)24(28)29)21(2)14-5-4-8-22(10-14)16-6-3-7-19-20-16/h3,6-7,9,14,25H,4-5,8,10-11H2,1-2H3. The normalized spacial score (nSPS) is 16.5. The van der Waals surface area contributed by atoms with Crippen LogP contribution in [0.2, 0.25) is 0 Å². The third-order valence-electron chi connectivity index (χ3n) is 5.34. The third-order valence-corrected chi connectivity index (χ3v) is 5.34. The zero-order valence-electron chi connectivity index (χ0n) is 16.2. The van der Waals surface area contributed by atoms with Crippen LogP contribution in [0, 0.1) is 27.2 Å². The molecule has 1 fully saturated rings. The average molecular weight is 402 g/mol. The van der Waals surface area contributed by atoms with Gasteiger partial charge in [0.05, 0.1) is 16.5 Å². The van der Waals surface area contributed by atoms with Crippen LogP contribution in [0.25, 0.3) is 0 Å². The first-order chi connectivity index (χ1) is 13.8. The van der Waals surface area contributed by atoms with E-state index < -0.39 is 16.5 Å². The molecule has 1 aromatic heterocycles. The Labute approximate surface area is 166 Å². The number of aliphatic hydroxyl groups is 1. The fraction of sp³-hybridized carbons (Fsp3) is 0.444. The van der Waals surface area contributed by atoms with E-state index in [2.05, 4.69) is 10.2 Å². The molecule has 0 radical (unpaired) electrons. The Kier molecular flexibility index (Phi) is 5.87. The van der Waals surface area contributed by atoms with Crippen LogP contribution in [-0.2, 0) is 6.61 Å². The number of hydrogen-bond donors (Lipinski definition) is 1. The second-order valence-electron chi connectivity index (χ2n) is 6.98. The van der Waals surface area contributed by atoms with Gasteiger partial charge in [0, 0.05) is 44.0 Å². The molecule has 1 saturated heterocycles. The lowest BCUT2D eigenvalue weighted by Crippen LogP contribution is -2.47. The first kappa shape index (κ1) is 20.4. The molecule has 1 aromatic carbocycles. The van der Waals surface area contributed by atoms with E-state index in [1.807, 2.05) is 11.0 Å². The van der Waals surface area contributed by atoms with Crippen molar-refractivity contribution in [3.8, 4) is 0 Å². The van der Waals surface area contributed by atoms with Gasteiger partial charge in [-0.25, -0.2) is 0 Å². The average Bonchev–Trinajstić information content (AvgIpc) is 2.73. The Bertz CT molecular complexity index is 923. The van der Waals surface area contributed by atoms with Crippen molar-refractivity contribution in [3.63, 3.8) is 0 Å². The monoisotopic (exact) mass is 402 g/mol. The molecule has 1 aliphatic rings. The van der Waals surface area contributed by atoms with Gasteiger partial charge in [0.1, 0.15) is 0 Å². The predicted octanol–water partition coefficient (Wildman–Crippen LogP) is 2.20. The largest absolute Gasteiger partial charge is 0.392 e. The van der Waals surface area contributed by atoms with Crippen LogP contribution in [0.15, 0.2) is 24.4 Å². The van der Waals surface area contributed by atoms with Crippen molar-refractivity contribution in [1.29, 1.82) is 0 Å². The zero-order valence-corrected chi connectivity index (χ0v) is 16.2. The highest BCUT2D eigenvalue weighted by atomic mass is 16.6. The molecule has 0 spiro atoms. The van der Waals surface area contributed by atoms with Gasteiger partial charge in [0.2, 0.25) is 0 Å². The minimum Gasteiger partial charge on any atom is -0.392 e. The first-order valence-corrected chi connectivity index (χ1v) is 9.16. The number of anilines is 2. The van der Waals surface area contributed by atoms with Crippen LogP contribution in [0.1, 0.15) is 24.0 Å². The highest BCUT2D eigenvalue weighted by molar-refractivity contribution is 5.79. The molecule has 0 amide bonds. The van der Waals surface area contributed by atoms with E-state index in [0.29, 0.717) is 12.4 Å². The van der Waals surface area contributed by atoms with Gasteiger partial charge in [-0.05, 0) is 37.5 Å². The van der Waals surface area contributed by atoms with Crippen molar-refractivity contribution in [3.05, 3.63) is 55.8 Å². The summed E-state index contributed by atoms with van der Waals surface area (Å²) in [5, 5.41) is 41.0. The number of nitrogens with zero attached hydrogens (tertiary/aromatic N) is 6.